The lowest BCUT2D eigenvalue weighted by atomic mass is 9.91. The van der Waals surface area contributed by atoms with Gasteiger partial charge in [0, 0.05) is 19.0 Å². The molecule has 5 atom stereocenters. The number of hydrogen-bond acceptors (Lipinski definition) is 9. The Kier molecular flexibility index (Phi) is 10.9. The Morgan fingerprint density at radius 3 is 2.39 bits per heavy atom. The van der Waals surface area contributed by atoms with E-state index < -0.39 is 26.4 Å². The molecule has 2 aromatic heterocycles. The van der Waals surface area contributed by atoms with E-state index in [1.807, 2.05) is 57.5 Å². The Hall–Kier alpha value is -3.35. The summed E-state index contributed by atoms with van der Waals surface area (Å²) in [6.45, 7) is 20.6. The molecular formula is C34H48N4O6SSi. The maximum atomic E-state index is 14.3. The van der Waals surface area contributed by atoms with E-state index >= 15 is 0 Å². The maximum absolute atomic E-state index is 14.3. The van der Waals surface area contributed by atoms with Crippen LogP contribution in [-0.2, 0) is 18.8 Å². The van der Waals surface area contributed by atoms with Crippen LogP contribution >= 0.6 is 11.3 Å². The summed E-state index contributed by atoms with van der Waals surface area (Å²) in [4.78, 5) is 46.5. The summed E-state index contributed by atoms with van der Waals surface area (Å²) in [5.41, 5.74) is 4.87. The van der Waals surface area contributed by atoms with Crippen molar-refractivity contribution < 1.29 is 28.1 Å². The van der Waals surface area contributed by atoms with Gasteiger partial charge in [-0.3, -0.25) is 14.4 Å². The van der Waals surface area contributed by atoms with Crippen molar-refractivity contribution in [1.82, 2.24) is 20.4 Å². The van der Waals surface area contributed by atoms with Gasteiger partial charge in [-0.15, -0.1) is 11.3 Å². The van der Waals surface area contributed by atoms with Crippen molar-refractivity contribution in [2.24, 2.45) is 5.92 Å². The first kappa shape index (κ1) is 35.5. The van der Waals surface area contributed by atoms with Crippen LogP contribution in [0.2, 0.25) is 18.1 Å². The van der Waals surface area contributed by atoms with E-state index in [1.54, 1.807) is 29.2 Å². The first-order valence-electron chi connectivity index (χ1n) is 15.9. The third-order valence-corrected chi connectivity index (χ3v) is 14.6. The fraction of sp³-hybridized carbons (Fsp3) is 0.559. The molecule has 1 N–H and O–H groups in total. The average Bonchev–Trinajstić information content (AvgIpc) is 3.72. The Labute approximate surface area is 277 Å². The lowest BCUT2D eigenvalue weighted by molar-refractivity contribution is -0.141. The van der Waals surface area contributed by atoms with E-state index in [-0.39, 0.29) is 40.8 Å². The smallest absolute Gasteiger partial charge is 0.255 e. The molecule has 10 nitrogen and oxygen atoms in total. The van der Waals surface area contributed by atoms with Gasteiger partial charge in [0.2, 0.25) is 11.8 Å². The fourth-order valence-corrected chi connectivity index (χ4v) is 7.64. The summed E-state index contributed by atoms with van der Waals surface area (Å²) in [6.07, 6.45) is 0.0634. The first-order valence-corrected chi connectivity index (χ1v) is 19.7. The zero-order valence-electron chi connectivity index (χ0n) is 28.6. The molecule has 1 aromatic carbocycles. The zero-order chi connectivity index (χ0) is 34.0. The summed E-state index contributed by atoms with van der Waals surface area (Å²) in [5.74, 6) is -0.883. The van der Waals surface area contributed by atoms with Crippen molar-refractivity contribution in [3.05, 3.63) is 52.9 Å². The number of carbonyl (C=O) groups is 3. The molecule has 0 spiro atoms. The number of nitrogens with zero attached hydrogens (tertiary/aromatic N) is 3. The second-order valence-electron chi connectivity index (χ2n) is 14.1. The minimum absolute atomic E-state index is 0.0318. The van der Waals surface area contributed by atoms with Gasteiger partial charge < -0.3 is 23.9 Å². The van der Waals surface area contributed by atoms with E-state index in [2.05, 4.69) is 49.3 Å². The second-order valence-corrected chi connectivity index (χ2v) is 19.7. The van der Waals surface area contributed by atoms with Crippen LogP contribution in [0.25, 0.3) is 10.4 Å². The minimum Gasteiger partial charge on any atom is -0.465 e. The number of thiazole rings is 1. The van der Waals surface area contributed by atoms with Crippen LogP contribution in [0.1, 0.15) is 83.9 Å². The molecule has 250 valence electrons. The van der Waals surface area contributed by atoms with Gasteiger partial charge >= 0.3 is 0 Å². The van der Waals surface area contributed by atoms with Gasteiger partial charge in [0.25, 0.3) is 5.88 Å². The molecule has 3 aromatic rings. The number of aromatic nitrogens is 2. The van der Waals surface area contributed by atoms with Crippen molar-refractivity contribution in [1.29, 1.82) is 0 Å². The van der Waals surface area contributed by atoms with Crippen LogP contribution in [0.3, 0.4) is 0 Å². The number of aryl methyl sites for hydroxylation is 1. The Morgan fingerprint density at radius 1 is 1.15 bits per heavy atom. The molecule has 2 unspecified atom stereocenters. The van der Waals surface area contributed by atoms with Gasteiger partial charge in [-0.05, 0) is 61.1 Å². The summed E-state index contributed by atoms with van der Waals surface area (Å²) in [5, 5.41) is 7.07. The van der Waals surface area contributed by atoms with Crippen molar-refractivity contribution in [3.63, 3.8) is 0 Å². The molecule has 4 rings (SSSR count). The van der Waals surface area contributed by atoms with Gasteiger partial charge in [-0.25, -0.2) is 4.98 Å². The predicted octanol–water partition coefficient (Wildman–Crippen LogP) is 6.68. The number of carbonyl (C=O) groups excluding carboxylic acids is 3. The van der Waals surface area contributed by atoms with Gasteiger partial charge in [-0.1, -0.05) is 58.9 Å². The first-order chi connectivity index (χ1) is 21.5. The quantitative estimate of drug-likeness (QED) is 0.167. The molecule has 1 aliphatic rings. The van der Waals surface area contributed by atoms with E-state index in [1.165, 1.54) is 0 Å². The summed E-state index contributed by atoms with van der Waals surface area (Å²) < 4.78 is 17.8. The monoisotopic (exact) mass is 668 g/mol. The van der Waals surface area contributed by atoms with Crippen LogP contribution in [0.15, 0.2) is 40.4 Å². The van der Waals surface area contributed by atoms with Crippen LogP contribution in [0, 0.1) is 12.8 Å². The Bertz CT molecular complexity index is 1510. The standard InChI is InChI=1S/C34H48N4O6SSi/c1-20(2)30(28-16-29(37-43-28)42-21(3)18-39)33(41)38-17-26(44-46(9,10)34(6,7)8)15-27(38)32(40)36-22(4)24-11-13-25(14-12-24)31-23(5)35-19-45-31/h11-14,16,18-22,26-27,30H,15,17H2,1-10H3,(H,36,40)/t21?,22-,26+,27-,30?/m0/s1. The molecule has 46 heavy (non-hydrogen) atoms. The van der Waals surface area contributed by atoms with E-state index in [9.17, 15) is 14.4 Å². The number of benzene rings is 1. The number of likely N-dealkylation sites (tertiary alicyclic amines) is 1. The van der Waals surface area contributed by atoms with E-state index in [0.717, 1.165) is 21.7 Å². The highest BCUT2D eigenvalue weighted by molar-refractivity contribution is 7.13. The summed E-state index contributed by atoms with van der Waals surface area (Å²) >= 11 is 1.60. The van der Waals surface area contributed by atoms with Crippen LogP contribution in [-0.4, -0.2) is 66.3 Å². The van der Waals surface area contributed by atoms with Crippen molar-refractivity contribution >= 4 is 37.8 Å². The van der Waals surface area contributed by atoms with Gasteiger partial charge in [-0.2, -0.15) is 0 Å². The van der Waals surface area contributed by atoms with E-state index in [4.69, 9.17) is 13.7 Å². The SMILES string of the molecule is Cc1ncsc1-c1ccc([C@H](C)NC(=O)[C@@H]2C[C@@H](O[Si](C)(C)C(C)(C)C)CN2C(=O)C(c2cc(OC(C)C=O)no2)C(C)C)cc1. The molecule has 3 heterocycles. The van der Waals surface area contributed by atoms with Crippen LogP contribution in [0.5, 0.6) is 5.88 Å². The molecule has 0 saturated carbocycles. The van der Waals surface area contributed by atoms with Crippen molar-refractivity contribution in [2.45, 2.75) is 110 Å². The molecule has 1 saturated heterocycles. The van der Waals surface area contributed by atoms with Crippen LogP contribution in [0.4, 0.5) is 0 Å². The molecule has 12 heteroatoms. The van der Waals surface area contributed by atoms with E-state index in [0.29, 0.717) is 25.0 Å². The largest absolute Gasteiger partial charge is 0.465 e. The third kappa shape index (κ3) is 7.95. The zero-order valence-corrected chi connectivity index (χ0v) is 30.4. The van der Waals surface area contributed by atoms with Crippen LogP contribution < -0.4 is 10.1 Å². The molecule has 0 bridgehead atoms. The molecule has 0 radical (unpaired) electrons. The summed E-state index contributed by atoms with van der Waals surface area (Å²) in [7, 11) is -2.19. The number of rotatable bonds is 12. The average molecular weight is 669 g/mol. The van der Waals surface area contributed by atoms with Crippen molar-refractivity contribution in [2.75, 3.05) is 6.54 Å². The van der Waals surface area contributed by atoms with Gasteiger partial charge in [0.05, 0.1) is 28.2 Å². The predicted molar refractivity (Wildman–Crippen MR) is 181 cm³/mol. The Balaban J connectivity index is 1.58. The summed E-state index contributed by atoms with van der Waals surface area (Å²) in [6, 6.07) is 8.68. The highest BCUT2D eigenvalue weighted by Gasteiger charge is 2.47. The van der Waals surface area contributed by atoms with Gasteiger partial charge in [0.15, 0.2) is 26.5 Å². The number of amides is 2. The van der Waals surface area contributed by atoms with Crippen molar-refractivity contribution in [3.8, 4) is 16.3 Å². The second kappa shape index (κ2) is 14.2. The molecule has 0 aliphatic carbocycles. The lowest BCUT2D eigenvalue weighted by Gasteiger charge is -2.38. The Morgan fingerprint density at radius 2 is 1.83 bits per heavy atom. The molecular weight excluding hydrogens is 621 g/mol. The number of aldehydes is 1. The topological polar surface area (TPSA) is 124 Å². The number of ether oxygens (including phenoxy) is 1. The molecule has 1 fully saturated rings. The normalized spacial score (nSPS) is 19.2. The lowest BCUT2D eigenvalue weighted by Crippen LogP contribution is -2.48. The maximum Gasteiger partial charge on any atom is 0.255 e. The number of hydrogen-bond donors (Lipinski definition) is 1. The molecule has 2 amide bonds. The molecule has 1 aliphatic heterocycles. The highest BCUT2D eigenvalue weighted by Crippen LogP contribution is 2.40. The highest BCUT2D eigenvalue weighted by atomic mass is 32.1. The third-order valence-electron chi connectivity index (χ3n) is 9.14. The van der Waals surface area contributed by atoms with Gasteiger partial charge in [0.1, 0.15) is 12.0 Å². The fourth-order valence-electron chi connectivity index (χ4n) is 5.47. The number of nitrogens with one attached hydrogen (secondary N) is 1. The minimum atomic E-state index is -2.19.